The molecule has 0 aliphatic carbocycles. The van der Waals surface area contributed by atoms with Gasteiger partial charge in [-0.15, -0.1) is 0 Å². The molecule has 4 nitrogen and oxygen atoms in total. The number of hydrogen-bond donors (Lipinski definition) is 0. The average Bonchev–Trinajstić information content (AvgIpc) is 2.03. The zero-order valence-corrected chi connectivity index (χ0v) is 48.3. The van der Waals surface area contributed by atoms with Crippen molar-refractivity contribution >= 4 is 68.2 Å². The summed E-state index contributed by atoms with van der Waals surface area (Å²) in [6.45, 7) is 0. The monoisotopic (exact) mass is 1120 g/mol. The fourth-order valence-electron chi connectivity index (χ4n) is 13.2. The predicted octanol–water partition coefficient (Wildman–Crippen LogP) is 23.9. The van der Waals surface area contributed by atoms with Gasteiger partial charge in [-0.25, -0.2) is 0 Å². The molecule has 2 heterocycles. The summed E-state index contributed by atoms with van der Waals surface area (Å²) >= 11 is 0. The highest BCUT2D eigenvalue weighted by Gasteiger charge is 2.28. The molecule has 14 aromatic carbocycles. The smallest absolute Gasteiger partial charge is 0.0540 e. The first kappa shape index (κ1) is 51.9. The lowest BCUT2D eigenvalue weighted by Gasteiger charge is -2.27. The van der Waals surface area contributed by atoms with Crippen LogP contribution in [0.1, 0.15) is 0 Å². The van der Waals surface area contributed by atoms with Gasteiger partial charge in [-0.05, 0) is 177 Å². The zero-order chi connectivity index (χ0) is 58.3. The van der Waals surface area contributed by atoms with Gasteiger partial charge < -0.3 is 19.6 Å². The van der Waals surface area contributed by atoms with Crippen molar-refractivity contribution in [2.45, 2.75) is 0 Å². The van der Waals surface area contributed by atoms with Crippen LogP contribution in [0.5, 0.6) is 0 Å². The summed E-state index contributed by atoms with van der Waals surface area (Å²) < 4.78 is 0. The molecule has 0 saturated carbocycles. The number of para-hydroxylation sites is 6. The second-order valence-corrected chi connectivity index (χ2v) is 22.5. The van der Waals surface area contributed by atoms with Crippen molar-refractivity contribution < 1.29 is 0 Å². The van der Waals surface area contributed by atoms with E-state index in [9.17, 15) is 0 Å². The summed E-state index contributed by atoms with van der Waals surface area (Å²) in [6.07, 6.45) is 0. The maximum Gasteiger partial charge on any atom is 0.0540 e. The number of hydrogen-bond acceptors (Lipinski definition) is 4. The van der Waals surface area contributed by atoms with Gasteiger partial charge in [-0.2, -0.15) is 0 Å². The predicted molar refractivity (Wildman–Crippen MR) is 370 cm³/mol. The largest absolute Gasteiger partial charge is 0.311 e. The SMILES string of the molecule is c1ccc(N(c2ccc(-c3ccc(N(c4ccccc4)c4ccc(-c5ccc(N6c7ccccc7-c7ccccc7-c7ccccc76)cc5)cc4)cc3)cc2)c2ccc(-c3ccc(N4c5ccccc5-c5ccccc5-c5ccccc54)cc3)cc2)cc1. The van der Waals surface area contributed by atoms with Crippen LogP contribution in [-0.2, 0) is 0 Å². The summed E-state index contributed by atoms with van der Waals surface area (Å²) in [7, 11) is 0. The highest BCUT2D eigenvalue weighted by atomic mass is 15.2. The van der Waals surface area contributed by atoms with Crippen molar-refractivity contribution in [3.8, 4) is 77.9 Å². The van der Waals surface area contributed by atoms with Crippen molar-refractivity contribution in [3.63, 3.8) is 0 Å². The molecular formula is C84H58N4. The Bertz CT molecular complexity index is 4370. The van der Waals surface area contributed by atoms with Crippen LogP contribution >= 0.6 is 0 Å². The van der Waals surface area contributed by atoms with Crippen molar-refractivity contribution in [1.29, 1.82) is 0 Å². The molecule has 0 unspecified atom stereocenters. The van der Waals surface area contributed by atoms with Crippen LogP contribution in [0.2, 0.25) is 0 Å². The minimum absolute atomic E-state index is 1.08. The molecule has 414 valence electrons. The molecule has 88 heavy (non-hydrogen) atoms. The van der Waals surface area contributed by atoms with Crippen LogP contribution in [-0.4, -0.2) is 0 Å². The highest BCUT2D eigenvalue weighted by molar-refractivity contribution is 6.04. The van der Waals surface area contributed by atoms with E-state index < -0.39 is 0 Å². The molecule has 0 amide bonds. The Hall–Kier alpha value is -11.7. The molecule has 16 rings (SSSR count). The third kappa shape index (κ3) is 9.37. The minimum Gasteiger partial charge on any atom is -0.311 e. The highest BCUT2D eigenvalue weighted by Crippen LogP contribution is 2.53. The summed E-state index contributed by atoms with van der Waals surface area (Å²) in [5, 5.41) is 0. The molecule has 0 aromatic heterocycles. The molecule has 0 fully saturated rings. The van der Waals surface area contributed by atoms with E-state index in [1.807, 2.05) is 0 Å². The van der Waals surface area contributed by atoms with E-state index in [4.69, 9.17) is 0 Å². The molecule has 2 aliphatic heterocycles. The molecule has 0 N–H and O–H groups in total. The molecule has 0 saturated heterocycles. The lowest BCUT2D eigenvalue weighted by atomic mass is 9.95. The van der Waals surface area contributed by atoms with Gasteiger partial charge in [-0.3, -0.25) is 0 Å². The summed E-state index contributed by atoms with van der Waals surface area (Å²) in [6, 6.07) is 128. The maximum absolute atomic E-state index is 2.41. The Balaban J connectivity index is 0.645. The summed E-state index contributed by atoms with van der Waals surface area (Å²) in [4.78, 5) is 9.48. The van der Waals surface area contributed by atoms with Crippen molar-refractivity contribution in [3.05, 3.63) is 352 Å². The topological polar surface area (TPSA) is 13.0 Å². The number of rotatable bonds is 11. The van der Waals surface area contributed by atoms with Crippen LogP contribution in [0, 0.1) is 0 Å². The second kappa shape index (κ2) is 22.4. The molecule has 0 radical (unpaired) electrons. The maximum atomic E-state index is 2.41. The van der Waals surface area contributed by atoms with Gasteiger partial charge in [0, 0.05) is 67.8 Å². The summed E-state index contributed by atoms with van der Waals surface area (Å²) in [5.41, 5.74) is 30.2. The second-order valence-electron chi connectivity index (χ2n) is 22.5. The Morgan fingerprint density at radius 2 is 0.330 bits per heavy atom. The van der Waals surface area contributed by atoms with Gasteiger partial charge in [0.15, 0.2) is 0 Å². The first-order valence-corrected chi connectivity index (χ1v) is 30.1. The normalized spacial score (nSPS) is 11.8. The Morgan fingerprint density at radius 3 is 0.568 bits per heavy atom. The van der Waals surface area contributed by atoms with Gasteiger partial charge in [0.25, 0.3) is 0 Å². The Morgan fingerprint density at radius 1 is 0.148 bits per heavy atom. The fourth-order valence-corrected chi connectivity index (χ4v) is 13.2. The number of fused-ring (bicyclic) bond motifs is 10. The van der Waals surface area contributed by atoms with E-state index in [2.05, 4.69) is 371 Å². The van der Waals surface area contributed by atoms with Gasteiger partial charge in [0.05, 0.1) is 22.7 Å². The van der Waals surface area contributed by atoms with E-state index in [1.54, 1.807) is 0 Å². The van der Waals surface area contributed by atoms with Crippen LogP contribution in [0.4, 0.5) is 68.2 Å². The van der Waals surface area contributed by atoms with Gasteiger partial charge in [0.2, 0.25) is 0 Å². The van der Waals surface area contributed by atoms with Gasteiger partial charge in [-0.1, -0.05) is 231 Å². The quantitative estimate of drug-likeness (QED) is 0.128. The molecule has 0 atom stereocenters. The van der Waals surface area contributed by atoms with E-state index >= 15 is 0 Å². The van der Waals surface area contributed by atoms with Crippen LogP contribution < -0.4 is 19.6 Å². The number of benzene rings is 14. The molecule has 14 aromatic rings. The molecule has 0 spiro atoms. The molecule has 0 bridgehead atoms. The van der Waals surface area contributed by atoms with Crippen molar-refractivity contribution in [1.82, 2.24) is 0 Å². The third-order valence-electron chi connectivity index (χ3n) is 17.4. The van der Waals surface area contributed by atoms with Crippen LogP contribution in [0.25, 0.3) is 77.9 Å². The molecule has 2 aliphatic rings. The first-order valence-electron chi connectivity index (χ1n) is 30.1. The van der Waals surface area contributed by atoms with Crippen molar-refractivity contribution in [2.24, 2.45) is 0 Å². The number of anilines is 12. The van der Waals surface area contributed by atoms with Gasteiger partial charge >= 0.3 is 0 Å². The van der Waals surface area contributed by atoms with Crippen LogP contribution in [0.15, 0.2) is 352 Å². The lowest BCUT2D eigenvalue weighted by molar-refractivity contribution is 1.28. The van der Waals surface area contributed by atoms with Gasteiger partial charge in [0.1, 0.15) is 0 Å². The van der Waals surface area contributed by atoms with Crippen molar-refractivity contribution in [2.75, 3.05) is 19.6 Å². The average molecular weight is 1120 g/mol. The van der Waals surface area contributed by atoms with E-state index in [0.29, 0.717) is 0 Å². The first-order chi connectivity index (χ1) is 43.7. The Kier molecular flexibility index (Phi) is 13.2. The zero-order valence-electron chi connectivity index (χ0n) is 48.3. The lowest BCUT2D eigenvalue weighted by Crippen LogP contribution is -2.10. The third-order valence-corrected chi connectivity index (χ3v) is 17.4. The minimum atomic E-state index is 1.08. The fraction of sp³-hybridized carbons (Fsp3) is 0. The standard InChI is InChI=1S/C84H58N4/c1-3-19-65(20-4-1)85(69-51-39-61(40-52-69)63-43-55-71(56-44-63)87-81-31-15-11-27-77(81)73-23-7-8-24-74(73)78-28-12-16-32-82(78)87)67-47-35-59(36-48-67)60-37-49-68(50-38-60)86(66-21-5-2-6-22-66)70-53-41-62(42-54-70)64-45-57-72(58-46-64)88-83-33-17-13-29-79(83)75-25-9-10-26-76(75)80-30-14-18-34-84(80)88/h1-58H. The van der Waals surface area contributed by atoms with E-state index in [0.717, 1.165) is 78.9 Å². The molecule has 4 heteroatoms. The molecular weight excluding hydrogens is 1060 g/mol. The Labute approximate surface area is 514 Å². The van der Waals surface area contributed by atoms with Crippen LogP contribution in [0.3, 0.4) is 0 Å². The summed E-state index contributed by atoms with van der Waals surface area (Å²) in [5.74, 6) is 0. The van der Waals surface area contributed by atoms with E-state index in [1.165, 1.54) is 67.3 Å². The van der Waals surface area contributed by atoms with E-state index in [-0.39, 0.29) is 0 Å². The number of nitrogens with zero attached hydrogens (tertiary/aromatic N) is 4.